The number of rotatable bonds is 3. The Morgan fingerprint density at radius 3 is 1.84 bits per heavy atom. The first-order chi connectivity index (χ1) is 8.43. The average Bonchev–Trinajstić information content (AvgIpc) is 2.27. The molecule has 1 rings (SSSR count). The van der Waals surface area contributed by atoms with Crippen molar-refractivity contribution in [3.63, 3.8) is 0 Å². The number of nitrogens with two attached hydrogens (primary N) is 1. The summed E-state index contributed by atoms with van der Waals surface area (Å²) in [5, 5.41) is 0. The van der Waals surface area contributed by atoms with E-state index >= 15 is 0 Å². The Kier molecular flexibility index (Phi) is 3.53. The highest BCUT2D eigenvalue weighted by Crippen LogP contribution is 2.48. The molecule has 19 heavy (non-hydrogen) atoms. The molecule has 0 radical (unpaired) electrons. The van der Waals surface area contributed by atoms with Crippen molar-refractivity contribution in [3.8, 4) is 0 Å². The number of halogens is 7. The van der Waals surface area contributed by atoms with E-state index in [4.69, 9.17) is 5.73 Å². The maximum absolute atomic E-state index is 13.1. The Labute approximate surface area is 102 Å². The molecule has 0 spiro atoms. The van der Waals surface area contributed by atoms with Crippen molar-refractivity contribution in [2.75, 3.05) is 5.73 Å². The zero-order chi connectivity index (χ0) is 15.1. The molecule has 0 aromatic heterocycles. The van der Waals surface area contributed by atoms with E-state index in [2.05, 4.69) is 0 Å². The van der Waals surface area contributed by atoms with E-state index in [-0.39, 0.29) is 0 Å². The first kappa shape index (κ1) is 15.3. The molecule has 0 aliphatic carbocycles. The molecule has 0 fully saturated rings. The van der Waals surface area contributed by atoms with Gasteiger partial charge in [0.05, 0.1) is 0 Å². The largest absolute Gasteiger partial charge is 0.460 e. The van der Waals surface area contributed by atoms with Crippen LogP contribution in [0, 0.1) is 0 Å². The van der Waals surface area contributed by atoms with Gasteiger partial charge in [0.2, 0.25) is 5.78 Å². The number of para-hydroxylation sites is 1. The Bertz CT molecular complexity index is 495. The average molecular weight is 289 g/mol. The summed E-state index contributed by atoms with van der Waals surface area (Å²) in [7, 11) is 0. The number of carbonyl (C=O) groups is 1. The molecule has 2 nitrogen and oxygen atoms in total. The molecule has 0 bridgehead atoms. The first-order valence-electron chi connectivity index (χ1n) is 4.64. The third kappa shape index (κ3) is 2.36. The molecule has 0 unspecified atom stereocenters. The van der Waals surface area contributed by atoms with Crippen molar-refractivity contribution in [1.29, 1.82) is 0 Å². The number of nitrogen functional groups attached to an aromatic ring is 1. The van der Waals surface area contributed by atoms with Crippen molar-refractivity contribution in [3.05, 3.63) is 29.8 Å². The molecule has 0 atom stereocenters. The van der Waals surface area contributed by atoms with Crippen LogP contribution < -0.4 is 5.73 Å². The Balaban J connectivity index is 3.29. The van der Waals surface area contributed by atoms with Gasteiger partial charge >= 0.3 is 18.0 Å². The van der Waals surface area contributed by atoms with Crippen molar-refractivity contribution in [1.82, 2.24) is 0 Å². The first-order valence-corrected chi connectivity index (χ1v) is 4.64. The zero-order valence-corrected chi connectivity index (χ0v) is 8.94. The monoisotopic (exact) mass is 289 g/mol. The maximum atomic E-state index is 13.1. The van der Waals surface area contributed by atoms with Gasteiger partial charge in [0.1, 0.15) is 0 Å². The van der Waals surface area contributed by atoms with Crippen LogP contribution >= 0.6 is 0 Å². The number of hydrogen-bond donors (Lipinski definition) is 1. The van der Waals surface area contributed by atoms with Gasteiger partial charge < -0.3 is 5.73 Å². The van der Waals surface area contributed by atoms with Crippen molar-refractivity contribution in [2.45, 2.75) is 18.0 Å². The van der Waals surface area contributed by atoms with Crippen LogP contribution in [0.15, 0.2) is 24.3 Å². The minimum absolute atomic E-state index is 0.620. The number of benzene rings is 1. The van der Waals surface area contributed by atoms with Gasteiger partial charge in [-0.25, -0.2) is 0 Å². The van der Waals surface area contributed by atoms with E-state index in [1.807, 2.05) is 0 Å². The minimum Gasteiger partial charge on any atom is -0.398 e. The summed E-state index contributed by atoms with van der Waals surface area (Å²) in [6, 6.07) is 3.77. The molecule has 1 aromatic rings. The number of anilines is 1. The predicted octanol–water partition coefficient (Wildman–Crippen LogP) is 3.28. The quantitative estimate of drug-likeness (QED) is 0.527. The summed E-state index contributed by atoms with van der Waals surface area (Å²) in [5.41, 5.74) is 3.37. The Morgan fingerprint density at radius 2 is 1.42 bits per heavy atom. The Hall–Kier alpha value is -1.80. The third-order valence-corrected chi connectivity index (χ3v) is 2.24. The SMILES string of the molecule is Nc1ccccc1C(=O)C(F)(F)C(F)(F)C(F)(F)F. The van der Waals surface area contributed by atoms with Gasteiger partial charge in [-0.15, -0.1) is 0 Å². The highest BCUT2D eigenvalue weighted by molar-refractivity contribution is 6.06. The molecule has 0 saturated carbocycles. The van der Waals surface area contributed by atoms with Gasteiger partial charge in [-0.2, -0.15) is 30.7 Å². The van der Waals surface area contributed by atoms with Crippen LogP contribution in [-0.4, -0.2) is 23.8 Å². The normalized spacial score (nSPS) is 13.4. The minimum atomic E-state index is -6.56. The molecule has 1 aromatic carbocycles. The van der Waals surface area contributed by atoms with Crippen LogP contribution in [0.3, 0.4) is 0 Å². The van der Waals surface area contributed by atoms with Gasteiger partial charge in [-0.3, -0.25) is 4.79 Å². The molecule has 0 heterocycles. The van der Waals surface area contributed by atoms with Crippen LogP contribution in [-0.2, 0) is 0 Å². The highest BCUT2D eigenvalue weighted by Gasteiger charge is 2.76. The van der Waals surface area contributed by atoms with E-state index in [1.54, 1.807) is 0 Å². The lowest BCUT2D eigenvalue weighted by atomic mass is 9.98. The summed E-state index contributed by atoms with van der Waals surface area (Å²) in [5.74, 6) is -15.1. The summed E-state index contributed by atoms with van der Waals surface area (Å²) in [4.78, 5) is 11.2. The second kappa shape index (κ2) is 4.39. The summed E-state index contributed by atoms with van der Waals surface area (Å²) in [6.45, 7) is 0. The Morgan fingerprint density at radius 1 is 0.947 bits per heavy atom. The highest BCUT2D eigenvalue weighted by atomic mass is 19.4. The van der Waals surface area contributed by atoms with Gasteiger partial charge in [0.15, 0.2) is 0 Å². The van der Waals surface area contributed by atoms with Crippen LogP contribution in [0.1, 0.15) is 10.4 Å². The van der Waals surface area contributed by atoms with Crippen LogP contribution in [0.2, 0.25) is 0 Å². The number of carbonyl (C=O) groups excluding carboxylic acids is 1. The van der Waals surface area contributed by atoms with E-state index in [9.17, 15) is 35.5 Å². The molecule has 9 heteroatoms. The van der Waals surface area contributed by atoms with Gasteiger partial charge in [-0.1, -0.05) is 12.1 Å². The summed E-state index contributed by atoms with van der Waals surface area (Å²) in [6.07, 6.45) is -6.56. The predicted molar refractivity (Wildman–Crippen MR) is 51.1 cm³/mol. The molecule has 0 amide bonds. The van der Waals surface area contributed by atoms with Gasteiger partial charge in [-0.05, 0) is 12.1 Å². The molecular weight excluding hydrogens is 283 g/mol. The van der Waals surface area contributed by atoms with Crippen LogP contribution in [0.5, 0.6) is 0 Å². The number of hydrogen-bond acceptors (Lipinski definition) is 2. The van der Waals surface area contributed by atoms with E-state index in [1.165, 1.54) is 6.07 Å². The fourth-order valence-corrected chi connectivity index (χ4v) is 1.19. The van der Waals surface area contributed by atoms with E-state index < -0.39 is 35.1 Å². The van der Waals surface area contributed by atoms with Crippen molar-refractivity contribution < 1.29 is 35.5 Å². The van der Waals surface area contributed by atoms with Gasteiger partial charge in [0.25, 0.3) is 0 Å². The standard InChI is InChI=1S/C10H6F7NO/c11-8(12,9(13,14)10(15,16)17)7(19)5-3-1-2-4-6(5)18/h1-4H,18H2. The lowest BCUT2D eigenvalue weighted by molar-refractivity contribution is -0.339. The van der Waals surface area contributed by atoms with Crippen molar-refractivity contribution in [2.24, 2.45) is 0 Å². The fraction of sp³-hybridized carbons (Fsp3) is 0.300. The van der Waals surface area contributed by atoms with Crippen LogP contribution in [0.25, 0.3) is 0 Å². The summed E-state index contributed by atoms with van der Waals surface area (Å²) >= 11 is 0. The molecule has 0 aliphatic heterocycles. The number of ketones is 1. The van der Waals surface area contributed by atoms with E-state index in [0.717, 1.165) is 12.1 Å². The second-order valence-corrected chi connectivity index (χ2v) is 3.56. The second-order valence-electron chi connectivity index (χ2n) is 3.56. The lowest BCUT2D eigenvalue weighted by Crippen LogP contribution is -2.56. The molecular formula is C10H6F7NO. The van der Waals surface area contributed by atoms with Crippen LogP contribution in [0.4, 0.5) is 36.4 Å². The molecule has 0 aliphatic rings. The molecule has 0 saturated heterocycles. The molecule has 2 N–H and O–H groups in total. The van der Waals surface area contributed by atoms with Gasteiger partial charge in [0, 0.05) is 11.3 Å². The topological polar surface area (TPSA) is 43.1 Å². The fourth-order valence-electron chi connectivity index (χ4n) is 1.19. The third-order valence-electron chi connectivity index (χ3n) is 2.24. The molecule has 106 valence electrons. The number of alkyl halides is 7. The van der Waals surface area contributed by atoms with Crippen molar-refractivity contribution >= 4 is 11.5 Å². The number of Topliss-reactive ketones (excluding diaryl/α,β-unsaturated/α-hetero) is 1. The summed E-state index contributed by atoms with van der Waals surface area (Å²) < 4.78 is 87.1. The zero-order valence-electron chi connectivity index (χ0n) is 8.94. The lowest BCUT2D eigenvalue weighted by Gasteiger charge is -2.27. The smallest absolute Gasteiger partial charge is 0.398 e. The maximum Gasteiger partial charge on any atom is 0.460 e. The van der Waals surface area contributed by atoms with E-state index in [0.29, 0.717) is 6.07 Å².